The molecule has 3 aromatic rings. The Labute approximate surface area is 213 Å². The van der Waals surface area contributed by atoms with Crippen LogP contribution in [-0.4, -0.2) is 26.4 Å². The zero-order valence-corrected chi connectivity index (χ0v) is 21.1. The Morgan fingerprint density at radius 3 is 2.58 bits per heavy atom. The summed E-state index contributed by atoms with van der Waals surface area (Å²) in [4.78, 5) is 16.1. The summed E-state index contributed by atoms with van der Waals surface area (Å²) in [6, 6.07) is 13.2. The first-order valence-corrected chi connectivity index (χ1v) is 11.0. The molecule has 31 heavy (non-hydrogen) atoms. The Bertz CT molecular complexity index is 998. The quantitative estimate of drug-likeness (QED) is 0.333. The number of aliphatic carboxylic acids is 1. The summed E-state index contributed by atoms with van der Waals surface area (Å²) >= 11 is 7.81. The largest absolute Gasteiger partial charge is 1.00 e. The summed E-state index contributed by atoms with van der Waals surface area (Å²) in [7, 11) is 0. The second-order valence-electron chi connectivity index (χ2n) is 6.74. The van der Waals surface area contributed by atoms with Crippen molar-refractivity contribution < 1.29 is 44.6 Å². The zero-order valence-electron chi connectivity index (χ0n) is 17.5. The molecule has 1 unspecified atom stereocenters. The van der Waals surface area contributed by atoms with Crippen LogP contribution in [0.2, 0.25) is 5.02 Å². The first-order chi connectivity index (χ1) is 14.5. The molecule has 0 aliphatic carbocycles. The maximum Gasteiger partial charge on any atom is 1.00 e. The van der Waals surface area contributed by atoms with Crippen LogP contribution in [0, 0.1) is 0 Å². The van der Waals surface area contributed by atoms with Gasteiger partial charge in [0.2, 0.25) is 0 Å². The number of hydrogen-bond acceptors (Lipinski definition) is 6. The third-order valence-electron chi connectivity index (χ3n) is 4.56. The summed E-state index contributed by atoms with van der Waals surface area (Å²) in [5.74, 6) is -0.298. The van der Waals surface area contributed by atoms with Gasteiger partial charge in [0.05, 0.1) is 30.5 Å². The molecule has 0 radical (unpaired) electrons. The molecule has 2 aromatic carbocycles. The fourth-order valence-corrected chi connectivity index (χ4v) is 4.12. The summed E-state index contributed by atoms with van der Waals surface area (Å²) < 4.78 is 2.00. The Morgan fingerprint density at radius 2 is 1.97 bits per heavy atom. The number of carbonyl (C=O) groups is 1. The summed E-state index contributed by atoms with van der Waals surface area (Å²) in [6.45, 7) is 2.60. The molecule has 3 rings (SSSR count). The topological polar surface area (TPSA) is 90.2 Å². The van der Waals surface area contributed by atoms with Crippen molar-refractivity contribution in [3.05, 3.63) is 76.6 Å². The summed E-state index contributed by atoms with van der Waals surface area (Å²) in [5, 5.41) is 25.5. The van der Waals surface area contributed by atoms with Crippen LogP contribution in [0.1, 0.15) is 36.2 Å². The maximum atomic E-state index is 11.7. The molecule has 0 amide bonds. The predicted octanol–water partition coefficient (Wildman–Crippen LogP) is 0.486. The van der Waals surface area contributed by atoms with E-state index in [4.69, 9.17) is 11.6 Å². The normalized spacial score (nSPS) is 11.6. The molecule has 1 aromatic heterocycles. The maximum absolute atomic E-state index is 11.7. The van der Waals surface area contributed by atoms with E-state index in [1.54, 1.807) is 42.2 Å². The molecule has 0 saturated carbocycles. The second kappa shape index (κ2) is 12.5. The minimum absolute atomic E-state index is 0. The molecule has 0 aliphatic rings. The van der Waals surface area contributed by atoms with E-state index in [9.17, 15) is 15.0 Å². The molecule has 0 fully saturated rings. The fraction of sp³-hybridized carbons (Fsp3) is 0.273. The van der Waals surface area contributed by atoms with Gasteiger partial charge in [0.25, 0.3) is 0 Å². The number of benzene rings is 2. The molecule has 6 nitrogen and oxygen atoms in total. The van der Waals surface area contributed by atoms with E-state index in [-0.39, 0.29) is 36.2 Å². The second-order valence-corrected chi connectivity index (χ2v) is 8.21. The van der Waals surface area contributed by atoms with Gasteiger partial charge in [-0.3, -0.25) is 0 Å². The average molecular weight is 468 g/mol. The Kier molecular flexibility index (Phi) is 10.4. The van der Waals surface area contributed by atoms with Gasteiger partial charge < -0.3 is 24.9 Å². The predicted molar refractivity (Wildman–Crippen MR) is 118 cm³/mol. The van der Waals surface area contributed by atoms with Crippen LogP contribution < -0.4 is 40.0 Å². The monoisotopic (exact) mass is 467 g/mol. The van der Waals surface area contributed by atoms with Gasteiger partial charge in [0, 0.05) is 23.0 Å². The van der Waals surface area contributed by atoms with Crippen molar-refractivity contribution in [3.63, 3.8) is 0 Å². The van der Waals surface area contributed by atoms with Crippen molar-refractivity contribution in [3.8, 4) is 0 Å². The smallest absolute Gasteiger partial charge is 0.548 e. The molecule has 2 N–H and O–H groups in total. The van der Waals surface area contributed by atoms with Gasteiger partial charge in [-0.05, 0) is 35.7 Å². The van der Waals surface area contributed by atoms with Crippen molar-refractivity contribution in [1.29, 1.82) is 0 Å². The van der Waals surface area contributed by atoms with Gasteiger partial charge in [0.15, 0.2) is 5.16 Å². The van der Waals surface area contributed by atoms with Crippen LogP contribution in [0.5, 0.6) is 0 Å². The van der Waals surface area contributed by atoms with Crippen molar-refractivity contribution >= 4 is 35.0 Å². The average Bonchev–Trinajstić information content (AvgIpc) is 3.13. The van der Waals surface area contributed by atoms with E-state index in [0.29, 0.717) is 22.8 Å². The first-order valence-electron chi connectivity index (χ1n) is 9.62. The molecular weight excluding hydrogens is 445 g/mol. The molecular formula is C22H23ClN3NaO3S. The number of carboxylic acids is 1. The fourth-order valence-electron chi connectivity index (χ4n) is 3.02. The number of imidazole rings is 1. The van der Waals surface area contributed by atoms with Gasteiger partial charge in [-0.2, -0.15) is 0 Å². The molecule has 1 heterocycles. The van der Waals surface area contributed by atoms with Crippen LogP contribution in [-0.2, 0) is 17.9 Å². The molecule has 0 saturated heterocycles. The Balaban J connectivity index is 0.00000341. The van der Waals surface area contributed by atoms with Crippen molar-refractivity contribution in [1.82, 2.24) is 9.55 Å². The van der Waals surface area contributed by atoms with E-state index in [0.717, 1.165) is 28.6 Å². The van der Waals surface area contributed by atoms with Crippen LogP contribution in [0.15, 0.2) is 59.9 Å². The number of hydrogen-bond donors (Lipinski definition) is 2. The van der Waals surface area contributed by atoms with Crippen LogP contribution in [0.4, 0.5) is 5.69 Å². The van der Waals surface area contributed by atoms with Gasteiger partial charge in [-0.1, -0.05) is 60.6 Å². The number of thioether (sulfide) groups is 1. The minimum atomic E-state index is -1.25. The number of anilines is 1. The van der Waals surface area contributed by atoms with E-state index in [2.05, 4.69) is 17.2 Å². The molecule has 0 bridgehead atoms. The summed E-state index contributed by atoms with van der Waals surface area (Å²) in [5.41, 5.74) is 2.86. The third-order valence-corrected chi connectivity index (χ3v) is 6.10. The molecule has 0 aliphatic heterocycles. The van der Waals surface area contributed by atoms with Gasteiger partial charge in [-0.15, -0.1) is 0 Å². The number of rotatable bonds is 10. The van der Waals surface area contributed by atoms with Crippen LogP contribution in [0.25, 0.3) is 0 Å². The Morgan fingerprint density at radius 1 is 1.26 bits per heavy atom. The van der Waals surface area contributed by atoms with E-state index < -0.39 is 12.0 Å². The molecule has 1 atom stereocenters. The minimum Gasteiger partial charge on any atom is -0.548 e. The number of carboxylic acid groups (broad SMARTS) is 1. The first kappa shape index (κ1) is 25.8. The van der Waals surface area contributed by atoms with Crippen LogP contribution in [0.3, 0.4) is 0 Å². The van der Waals surface area contributed by atoms with Gasteiger partial charge >= 0.3 is 29.6 Å². The number of nitrogens with zero attached hydrogens (tertiary/aromatic N) is 2. The zero-order chi connectivity index (χ0) is 21.5. The number of aromatic nitrogens is 2. The standard InChI is InChI=1S/C22H24ClN3O3S.Na/c1-2-11-30-22-24-12-17(14-27)26(22)13-15-7-9-16(10-8-15)25-20(21(28)29)18-5-3-4-6-19(18)23;/h3-10,12,20,25,27H,2,11,13-14H2,1H3,(H,28,29);/q;+1/p-1. The summed E-state index contributed by atoms with van der Waals surface area (Å²) in [6.07, 6.45) is 2.74. The molecule has 9 heteroatoms. The number of aliphatic hydroxyl groups is 1. The number of halogens is 1. The number of nitrogens with one attached hydrogen (secondary N) is 1. The number of carbonyl (C=O) groups excluding carboxylic acids is 1. The molecule has 0 spiro atoms. The van der Waals surface area contributed by atoms with Crippen molar-refractivity contribution in [2.24, 2.45) is 0 Å². The number of aliphatic hydroxyl groups excluding tert-OH is 1. The SMILES string of the molecule is CCCSc1ncc(CO)n1Cc1ccc(NC(C(=O)[O-])c2ccccc2Cl)cc1.[Na+]. The van der Waals surface area contributed by atoms with Crippen molar-refractivity contribution in [2.75, 3.05) is 11.1 Å². The Hall–Kier alpha value is -1.48. The van der Waals surface area contributed by atoms with Gasteiger partial charge in [0.1, 0.15) is 0 Å². The van der Waals surface area contributed by atoms with Crippen molar-refractivity contribution in [2.45, 2.75) is 37.7 Å². The third kappa shape index (κ3) is 6.75. The van der Waals surface area contributed by atoms with E-state index in [1.165, 1.54) is 0 Å². The molecule has 158 valence electrons. The van der Waals surface area contributed by atoms with E-state index >= 15 is 0 Å². The van der Waals surface area contributed by atoms with E-state index in [1.807, 2.05) is 28.8 Å². The van der Waals surface area contributed by atoms with Crippen LogP contribution >= 0.6 is 23.4 Å². The van der Waals surface area contributed by atoms with Gasteiger partial charge in [-0.25, -0.2) is 4.98 Å².